The van der Waals surface area contributed by atoms with Crippen molar-refractivity contribution in [3.63, 3.8) is 0 Å². The second-order valence-electron chi connectivity index (χ2n) is 7.99. The van der Waals surface area contributed by atoms with Crippen molar-refractivity contribution < 1.29 is 23.4 Å². The number of ether oxygens (including phenoxy) is 1. The first-order valence-corrected chi connectivity index (χ1v) is 11.3. The van der Waals surface area contributed by atoms with Crippen molar-refractivity contribution in [3.8, 4) is 16.9 Å². The van der Waals surface area contributed by atoms with Gasteiger partial charge in [0, 0.05) is 37.0 Å². The standard InChI is InChI=1S/C24H22ClF2NO3S/c1-24(26,27)22-19(16-5-3-2-4-6-16)10-18(32-22)14-31-21-8-7-15(9-20(21)25)11-28-12-17(13-28)23(29)30/h2-10,17H,11-14H2,1H3,(H,29,30). The molecule has 1 aliphatic rings. The predicted octanol–water partition coefficient (Wildman–Crippen LogP) is 6.28. The molecule has 0 amide bonds. The number of benzene rings is 2. The summed E-state index contributed by atoms with van der Waals surface area (Å²) in [6.45, 7) is 2.70. The molecule has 1 aromatic heterocycles. The van der Waals surface area contributed by atoms with Crippen LogP contribution in [0.1, 0.15) is 22.2 Å². The molecule has 4 rings (SSSR count). The lowest BCUT2D eigenvalue weighted by atomic mass is 9.99. The number of likely N-dealkylation sites (tertiary alicyclic amines) is 1. The first kappa shape index (κ1) is 22.7. The fraction of sp³-hybridized carbons (Fsp3) is 0.292. The molecule has 4 nitrogen and oxygen atoms in total. The zero-order valence-corrected chi connectivity index (χ0v) is 18.9. The van der Waals surface area contributed by atoms with E-state index in [4.69, 9.17) is 21.4 Å². The molecule has 1 fully saturated rings. The van der Waals surface area contributed by atoms with Crippen molar-refractivity contribution in [1.29, 1.82) is 0 Å². The molecule has 2 aromatic carbocycles. The zero-order chi connectivity index (χ0) is 22.9. The lowest BCUT2D eigenvalue weighted by Gasteiger charge is -2.36. The fourth-order valence-electron chi connectivity index (χ4n) is 3.69. The van der Waals surface area contributed by atoms with Crippen molar-refractivity contribution in [2.24, 2.45) is 5.92 Å². The average molecular weight is 478 g/mol. The number of carboxylic acid groups (broad SMARTS) is 1. The average Bonchev–Trinajstić information content (AvgIpc) is 3.15. The van der Waals surface area contributed by atoms with Gasteiger partial charge in [-0.05, 0) is 29.3 Å². The molecular formula is C24H22ClF2NO3S. The summed E-state index contributed by atoms with van der Waals surface area (Å²) in [6.07, 6.45) is 0. The Hall–Kier alpha value is -2.48. The van der Waals surface area contributed by atoms with Gasteiger partial charge in [0.15, 0.2) is 0 Å². The van der Waals surface area contributed by atoms with Gasteiger partial charge in [0.25, 0.3) is 5.92 Å². The highest BCUT2D eigenvalue weighted by Gasteiger charge is 2.32. The van der Waals surface area contributed by atoms with E-state index in [1.165, 1.54) is 0 Å². The minimum absolute atomic E-state index is 0.0120. The van der Waals surface area contributed by atoms with Gasteiger partial charge in [-0.1, -0.05) is 48.0 Å². The highest BCUT2D eigenvalue weighted by molar-refractivity contribution is 7.12. The van der Waals surface area contributed by atoms with Gasteiger partial charge in [-0.2, -0.15) is 0 Å². The number of aliphatic carboxylic acids is 1. The Labute approximate surface area is 194 Å². The first-order valence-electron chi connectivity index (χ1n) is 10.1. The molecule has 1 N–H and O–H groups in total. The second kappa shape index (κ2) is 9.17. The summed E-state index contributed by atoms with van der Waals surface area (Å²) in [5.41, 5.74) is 2.21. The molecule has 1 aliphatic heterocycles. The van der Waals surface area contributed by atoms with Crippen LogP contribution in [0.4, 0.5) is 8.78 Å². The smallest absolute Gasteiger partial charge is 0.309 e. The van der Waals surface area contributed by atoms with Gasteiger partial charge in [0.05, 0.1) is 15.8 Å². The largest absolute Gasteiger partial charge is 0.487 e. The van der Waals surface area contributed by atoms with Gasteiger partial charge in [0.2, 0.25) is 0 Å². The van der Waals surface area contributed by atoms with E-state index in [9.17, 15) is 13.6 Å². The van der Waals surface area contributed by atoms with Crippen LogP contribution < -0.4 is 4.74 Å². The minimum Gasteiger partial charge on any atom is -0.487 e. The van der Waals surface area contributed by atoms with Crippen LogP contribution in [0.2, 0.25) is 5.02 Å². The molecule has 32 heavy (non-hydrogen) atoms. The van der Waals surface area contributed by atoms with E-state index in [0.717, 1.165) is 29.4 Å². The van der Waals surface area contributed by atoms with Crippen LogP contribution in [0.3, 0.4) is 0 Å². The number of nitrogens with zero attached hydrogens (tertiary/aromatic N) is 1. The van der Waals surface area contributed by atoms with Gasteiger partial charge in [0.1, 0.15) is 12.4 Å². The molecule has 0 radical (unpaired) electrons. The molecule has 168 valence electrons. The van der Waals surface area contributed by atoms with E-state index in [0.29, 0.717) is 40.8 Å². The maximum absolute atomic E-state index is 14.2. The maximum atomic E-state index is 14.2. The van der Waals surface area contributed by atoms with E-state index in [1.807, 2.05) is 41.3 Å². The Morgan fingerprint density at radius 3 is 2.56 bits per heavy atom. The SMILES string of the molecule is CC(F)(F)c1sc(COc2ccc(CN3CC(C(=O)O)C3)cc2Cl)cc1-c1ccccc1. The Bertz CT molecular complexity index is 1110. The lowest BCUT2D eigenvalue weighted by Crippen LogP contribution is -2.49. The van der Waals surface area contributed by atoms with E-state index < -0.39 is 11.9 Å². The zero-order valence-electron chi connectivity index (χ0n) is 17.4. The molecule has 3 aromatic rings. The van der Waals surface area contributed by atoms with Crippen molar-refractivity contribution in [2.75, 3.05) is 13.1 Å². The topological polar surface area (TPSA) is 49.8 Å². The number of thiophene rings is 1. The van der Waals surface area contributed by atoms with Crippen LogP contribution in [0.5, 0.6) is 5.75 Å². The summed E-state index contributed by atoms with van der Waals surface area (Å²) in [5.74, 6) is -3.55. The maximum Gasteiger partial charge on any atom is 0.309 e. The number of hydrogen-bond donors (Lipinski definition) is 1. The predicted molar refractivity (Wildman–Crippen MR) is 122 cm³/mol. The lowest BCUT2D eigenvalue weighted by molar-refractivity contribution is -0.147. The number of halogens is 3. The number of alkyl halides is 2. The highest BCUT2D eigenvalue weighted by atomic mass is 35.5. The third-order valence-electron chi connectivity index (χ3n) is 5.35. The summed E-state index contributed by atoms with van der Waals surface area (Å²) >= 11 is 7.41. The van der Waals surface area contributed by atoms with Crippen molar-refractivity contribution in [1.82, 2.24) is 4.90 Å². The van der Waals surface area contributed by atoms with Gasteiger partial charge in [-0.3, -0.25) is 9.69 Å². The van der Waals surface area contributed by atoms with E-state index in [1.54, 1.807) is 18.2 Å². The molecule has 0 spiro atoms. The van der Waals surface area contributed by atoms with E-state index in [-0.39, 0.29) is 17.4 Å². The highest BCUT2D eigenvalue weighted by Crippen LogP contribution is 2.42. The monoisotopic (exact) mass is 477 g/mol. The van der Waals surface area contributed by atoms with Crippen molar-refractivity contribution in [3.05, 3.63) is 74.9 Å². The number of rotatable bonds is 8. The quantitative estimate of drug-likeness (QED) is 0.415. The first-order chi connectivity index (χ1) is 15.2. The summed E-state index contributed by atoms with van der Waals surface area (Å²) in [4.78, 5) is 13.6. The number of hydrogen-bond acceptors (Lipinski definition) is 4. The third kappa shape index (κ3) is 5.11. The van der Waals surface area contributed by atoms with Gasteiger partial charge < -0.3 is 9.84 Å². The normalized spacial score (nSPS) is 14.9. The van der Waals surface area contributed by atoms with Gasteiger partial charge >= 0.3 is 5.97 Å². The van der Waals surface area contributed by atoms with Crippen molar-refractivity contribution >= 4 is 28.9 Å². The van der Waals surface area contributed by atoms with Crippen LogP contribution in [0.25, 0.3) is 11.1 Å². The molecule has 2 heterocycles. The Morgan fingerprint density at radius 1 is 1.22 bits per heavy atom. The van der Waals surface area contributed by atoms with Crippen LogP contribution in [-0.2, 0) is 23.9 Å². The molecule has 0 bridgehead atoms. The van der Waals surface area contributed by atoms with Crippen LogP contribution in [0.15, 0.2) is 54.6 Å². The molecule has 8 heteroatoms. The number of carbonyl (C=O) groups is 1. The Kier molecular flexibility index (Phi) is 6.51. The van der Waals surface area contributed by atoms with Gasteiger partial charge in [-0.25, -0.2) is 8.78 Å². The van der Waals surface area contributed by atoms with Gasteiger partial charge in [-0.15, -0.1) is 11.3 Å². The molecule has 0 unspecified atom stereocenters. The fourth-order valence-corrected chi connectivity index (χ4v) is 4.97. The molecule has 0 atom stereocenters. The molecule has 1 saturated heterocycles. The van der Waals surface area contributed by atoms with Crippen LogP contribution in [-0.4, -0.2) is 29.1 Å². The molecular weight excluding hydrogens is 456 g/mol. The summed E-state index contributed by atoms with van der Waals surface area (Å²) in [7, 11) is 0. The minimum atomic E-state index is -2.95. The summed E-state index contributed by atoms with van der Waals surface area (Å²) in [6, 6.07) is 16.3. The van der Waals surface area contributed by atoms with E-state index in [2.05, 4.69) is 0 Å². The summed E-state index contributed by atoms with van der Waals surface area (Å²) < 4.78 is 34.2. The van der Waals surface area contributed by atoms with Crippen molar-refractivity contribution in [2.45, 2.75) is 26.0 Å². The Morgan fingerprint density at radius 2 is 1.94 bits per heavy atom. The Balaban J connectivity index is 1.43. The van der Waals surface area contributed by atoms with Crippen LogP contribution >= 0.6 is 22.9 Å². The van der Waals surface area contributed by atoms with E-state index >= 15 is 0 Å². The van der Waals surface area contributed by atoms with Crippen LogP contribution in [0, 0.1) is 5.92 Å². The molecule has 0 aliphatic carbocycles. The number of carboxylic acids is 1. The third-order valence-corrected chi connectivity index (χ3v) is 6.92. The second-order valence-corrected chi connectivity index (χ2v) is 9.54. The summed E-state index contributed by atoms with van der Waals surface area (Å²) in [5, 5.41) is 9.40. The molecule has 0 saturated carbocycles.